The molecule has 0 fully saturated rings. The average Bonchev–Trinajstić information content (AvgIpc) is 2.95. The molecule has 0 aliphatic heterocycles. The van der Waals surface area contributed by atoms with Crippen LogP contribution in [0.5, 0.6) is 0 Å². The van der Waals surface area contributed by atoms with Gasteiger partial charge in [0.15, 0.2) is 0 Å². The summed E-state index contributed by atoms with van der Waals surface area (Å²) in [6, 6.07) is 7.34. The summed E-state index contributed by atoms with van der Waals surface area (Å²) in [4.78, 5) is 27.0. The van der Waals surface area contributed by atoms with Crippen molar-refractivity contribution in [3.8, 4) is 0 Å². The van der Waals surface area contributed by atoms with Crippen LogP contribution in [-0.2, 0) is 19.6 Å². The van der Waals surface area contributed by atoms with E-state index in [0.29, 0.717) is 23.0 Å². The van der Waals surface area contributed by atoms with Gasteiger partial charge in [-0.15, -0.1) is 0 Å². The first-order chi connectivity index (χ1) is 13.6. The molecule has 0 aliphatic rings. The number of carbonyl (C=O) groups excluding carboxylic acids is 2. The van der Waals surface area contributed by atoms with Gasteiger partial charge in [0.1, 0.15) is 10.5 Å². The fourth-order valence-corrected chi connectivity index (χ4v) is 4.36. The van der Waals surface area contributed by atoms with E-state index in [9.17, 15) is 18.0 Å². The van der Waals surface area contributed by atoms with Crippen molar-refractivity contribution < 1.29 is 22.7 Å². The van der Waals surface area contributed by atoms with Gasteiger partial charge in [-0.25, -0.2) is 17.9 Å². The Morgan fingerprint density at radius 3 is 2.28 bits per heavy atom. The number of carbonyl (C=O) groups is 2. The molecule has 2 aromatic rings. The maximum Gasteiger partial charge on any atom is 0.341 e. The van der Waals surface area contributed by atoms with Gasteiger partial charge in [0.2, 0.25) is 15.9 Å². The van der Waals surface area contributed by atoms with Crippen molar-refractivity contribution in [1.29, 1.82) is 0 Å². The van der Waals surface area contributed by atoms with Gasteiger partial charge in [0.05, 0.1) is 13.2 Å². The molecule has 9 heteroatoms. The predicted octanol–water partition coefficient (Wildman–Crippen LogP) is 2.85. The van der Waals surface area contributed by atoms with Crippen molar-refractivity contribution in [3.63, 3.8) is 0 Å². The zero-order chi connectivity index (χ0) is 21.8. The first kappa shape index (κ1) is 22.6. The molecular formula is C20H27N3O5S. The minimum absolute atomic E-state index is 0.0541. The van der Waals surface area contributed by atoms with Crippen LogP contribution in [0.4, 0.5) is 5.69 Å². The van der Waals surface area contributed by atoms with Crippen LogP contribution in [-0.4, -0.2) is 38.4 Å². The van der Waals surface area contributed by atoms with Crippen LogP contribution in [0.1, 0.15) is 54.0 Å². The summed E-state index contributed by atoms with van der Waals surface area (Å²) in [5, 5.41) is 2.64. The second kappa shape index (κ2) is 9.23. The number of hydrogen-bond acceptors (Lipinski definition) is 5. The Balaban J connectivity index is 2.12. The van der Waals surface area contributed by atoms with Gasteiger partial charge in [0.25, 0.3) is 0 Å². The smallest absolute Gasteiger partial charge is 0.341 e. The minimum Gasteiger partial charge on any atom is -0.462 e. The minimum atomic E-state index is -4.11. The number of anilines is 1. The standard InChI is InChI=1S/C20H27N3O5S/c1-6-28-20(25)18-13(4)22-14(5)19(18)29(26,27)21-11-17(24)23-16-9-7-15(8-10-16)12(2)3/h7-10,12,21-22H,6,11H2,1-5H3,(H,23,24). The fraction of sp³-hybridized carbons (Fsp3) is 0.400. The second-order valence-corrected chi connectivity index (χ2v) is 8.65. The number of rotatable bonds is 8. The molecule has 0 aliphatic carbocycles. The van der Waals surface area contributed by atoms with Crippen molar-refractivity contribution in [3.05, 3.63) is 46.8 Å². The van der Waals surface area contributed by atoms with Crippen molar-refractivity contribution in [2.75, 3.05) is 18.5 Å². The molecule has 1 amide bonds. The van der Waals surface area contributed by atoms with E-state index in [4.69, 9.17) is 4.74 Å². The molecule has 2 rings (SSSR count). The molecule has 0 bridgehead atoms. The number of nitrogens with one attached hydrogen (secondary N) is 3. The van der Waals surface area contributed by atoms with Crippen LogP contribution in [0.2, 0.25) is 0 Å². The Bertz CT molecular complexity index is 992. The lowest BCUT2D eigenvalue weighted by atomic mass is 10.0. The van der Waals surface area contributed by atoms with Gasteiger partial charge >= 0.3 is 5.97 Å². The van der Waals surface area contributed by atoms with Gasteiger partial charge in [-0.05, 0) is 44.4 Å². The quantitative estimate of drug-likeness (QED) is 0.567. The lowest BCUT2D eigenvalue weighted by molar-refractivity contribution is -0.115. The number of sulfonamides is 1. The van der Waals surface area contributed by atoms with E-state index in [2.05, 4.69) is 28.9 Å². The van der Waals surface area contributed by atoms with Crippen molar-refractivity contribution in [2.24, 2.45) is 0 Å². The largest absolute Gasteiger partial charge is 0.462 e. The van der Waals surface area contributed by atoms with E-state index in [-0.39, 0.29) is 17.1 Å². The van der Waals surface area contributed by atoms with Gasteiger partial charge in [-0.1, -0.05) is 26.0 Å². The Hall–Kier alpha value is -2.65. The zero-order valence-electron chi connectivity index (χ0n) is 17.3. The van der Waals surface area contributed by atoms with Crippen molar-refractivity contribution in [2.45, 2.75) is 45.4 Å². The summed E-state index contributed by atoms with van der Waals surface area (Å²) in [5.41, 5.74) is 2.33. The molecule has 0 radical (unpaired) electrons. The van der Waals surface area contributed by atoms with Crippen LogP contribution in [0.3, 0.4) is 0 Å². The summed E-state index contributed by atoms with van der Waals surface area (Å²) in [6.45, 7) is 8.55. The lowest BCUT2D eigenvalue weighted by Gasteiger charge is -2.11. The topological polar surface area (TPSA) is 117 Å². The van der Waals surface area contributed by atoms with E-state index in [1.54, 1.807) is 32.9 Å². The van der Waals surface area contributed by atoms with Crippen molar-refractivity contribution >= 4 is 27.6 Å². The monoisotopic (exact) mass is 421 g/mol. The predicted molar refractivity (Wildman–Crippen MR) is 111 cm³/mol. The first-order valence-electron chi connectivity index (χ1n) is 9.32. The van der Waals surface area contributed by atoms with E-state index < -0.39 is 28.4 Å². The normalized spacial score (nSPS) is 11.5. The molecule has 3 N–H and O–H groups in total. The molecule has 0 saturated heterocycles. The van der Waals surface area contributed by atoms with E-state index >= 15 is 0 Å². The van der Waals surface area contributed by atoms with E-state index in [0.717, 1.165) is 5.56 Å². The third kappa shape index (κ3) is 5.45. The number of benzene rings is 1. The van der Waals surface area contributed by atoms with Crippen molar-refractivity contribution in [1.82, 2.24) is 9.71 Å². The third-order valence-electron chi connectivity index (χ3n) is 4.35. The number of hydrogen-bond donors (Lipinski definition) is 3. The molecule has 1 aromatic heterocycles. The summed E-state index contributed by atoms with van der Waals surface area (Å²) in [5.74, 6) is -0.883. The first-order valence-corrected chi connectivity index (χ1v) is 10.8. The van der Waals surface area contributed by atoms with E-state index in [1.807, 2.05) is 12.1 Å². The molecule has 0 saturated carbocycles. The highest BCUT2D eigenvalue weighted by atomic mass is 32.2. The number of aromatic amines is 1. The fourth-order valence-electron chi connectivity index (χ4n) is 2.93. The molecule has 29 heavy (non-hydrogen) atoms. The maximum atomic E-state index is 12.8. The van der Waals surface area contributed by atoms with Gasteiger partial charge in [0, 0.05) is 17.1 Å². The van der Waals surface area contributed by atoms with Crippen LogP contribution in [0.25, 0.3) is 0 Å². The maximum absolute atomic E-state index is 12.8. The summed E-state index contributed by atoms with van der Waals surface area (Å²) < 4.78 is 32.7. The molecule has 158 valence electrons. The Labute approximate surface area is 171 Å². The number of aromatic nitrogens is 1. The number of ether oxygens (including phenoxy) is 1. The van der Waals surface area contributed by atoms with Crippen LogP contribution in [0.15, 0.2) is 29.2 Å². The highest BCUT2D eigenvalue weighted by molar-refractivity contribution is 7.89. The molecule has 0 spiro atoms. The summed E-state index contributed by atoms with van der Waals surface area (Å²) in [6.07, 6.45) is 0. The molecule has 1 aromatic carbocycles. The average molecular weight is 422 g/mol. The van der Waals surface area contributed by atoms with E-state index in [1.165, 1.54) is 0 Å². The second-order valence-electron chi connectivity index (χ2n) is 6.95. The molecule has 8 nitrogen and oxygen atoms in total. The lowest BCUT2D eigenvalue weighted by Crippen LogP contribution is -2.33. The molecular weight excluding hydrogens is 394 g/mol. The Kier molecular flexibility index (Phi) is 7.21. The number of esters is 1. The van der Waals surface area contributed by atoms with Crippen LogP contribution >= 0.6 is 0 Å². The highest BCUT2D eigenvalue weighted by Crippen LogP contribution is 2.24. The number of aryl methyl sites for hydroxylation is 2. The van der Waals surface area contributed by atoms with Gasteiger partial charge in [-0.3, -0.25) is 4.79 Å². The number of H-pyrrole nitrogens is 1. The summed E-state index contributed by atoms with van der Waals surface area (Å²) >= 11 is 0. The molecule has 1 heterocycles. The third-order valence-corrected chi connectivity index (χ3v) is 5.92. The van der Waals surface area contributed by atoms with Gasteiger partial charge in [-0.2, -0.15) is 0 Å². The summed E-state index contributed by atoms with van der Waals surface area (Å²) in [7, 11) is -4.11. The SMILES string of the molecule is CCOC(=O)c1c(C)[nH]c(C)c1S(=O)(=O)NCC(=O)Nc1ccc(C(C)C)cc1. The molecule has 0 atom stereocenters. The van der Waals surface area contributed by atoms with Crippen LogP contribution in [0, 0.1) is 13.8 Å². The van der Waals surface area contributed by atoms with Crippen LogP contribution < -0.4 is 10.0 Å². The Morgan fingerprint density at radius 1 is 1.10 bits per heavy atom. The Morgan fingerprint density at radius 2 is 1.72 bits per heavy atom. The molecule has 0 unspecified atom stereocenters. The van der Waals surface area contributed by atoms with Gasteiger partial charge < -0.3 is 15.0 Å². The zero-order valence-corrected chi connectivity index (χ0v) is 18.1. The number of amides is 1. The highest BCUT2D eigenvalue weighted by Gasteiger charge is 2.30.